The fourth-order valence-electron chi connectivity index (χ4n) is 2.79. The summed E-state index contributed by atoms with van der Waals surface area (Å²) in [6.45, 7) is 6.95. The second kappa shape index (κ2) is 6.36. The number of carboxylic acids is 1. The van der Waals surface area contributed by atoms with E-state index in [1.165, 1.54) is 0 Å². The summed E-state index contributed by atoms with van der Waals surface area (Å²) < 4.78 is 0. The molecule has 4 nitrogen and oxygen atoms in total. The minimum absolute atomic E-state index is 0.179. The van der Waals surface area contributed by atoms with Crippen molar-refractivity contribution in [1.29, 1.82) is 0 Å². The van der Waals surface area contributed by atoms with Gasteiger partial charge in [0.25, 0.3) is 0 Å². The standard InChI is InChI=1S/C13H26N2O2/c1-10(2)12(13(16)17)15-7-5-11(6-8-15)9-14(3)4/h10-12H,5-9H2,1-4H3,(H,16,17). The van der Waals surface area contributed by atoms with Crippen LogP contribution in [0.4, 0.5) is 0 Å². The van der Waals surface area contributed by atoms with Crippen LogP contribution in [0.1, 0.15) is 26.7 Å². The van der Waals surface area contributed by atoms with E-state index in [0.29, 0.717) is 0 Å². The molecule has 1 fully saturated rings. The van der Waals surface area contributed by atoms with Crippen LogP contribution in [0.2, 0.25) is 0 Å². The molecular formula is C13H26N2O2. The third-order valence-electron chi connectivity index (χ3n) is 3.55. The fourth-order valence-corrected chi connectivity index (χ4v) is 2.79. The number of piperidine rings is 1. The van der Waals surface area contributed by atoms with E-state index in [1.54, 1.807) is 0 Å². The second-order valence-electron chi connectivity index (χ2n) is 5.77. The molecular weight excluding hydrogens is 216 g/mol. The smallest absolute Gasteiger partial charge is 0.321 e. The number of aliphatic carboxylic acids is 1. The highest BCUT2D eigenvalue weighted by atomic mass is 16.4. The van der Waals surface area contributed by atoms with Crippen LogP contribution >= 0.6 is 0 Å². The Bertz CT molecular complexity index is 246. The summed E-state index contributed by atoms with van der Waals surface area (Å²) >= 11 is 0. The van der Waals surface area contributed by atoms with E-state index in [4.69, 9.17) is 0 Å². The summed E-state index contributed by atoms with van der Waals surface area (Å²) in [4.78, 5) is 15.6. The quantitative estimate of drug-likeness (QED) is 0.791. The number of carbonyl (C=O) groups is 1. The van der Waals surface area contributed by atoms with Gasteiger partial charge in [0, 0.05) is 6.54 Å². The molecule has 1 aliphatic rings. The SMILES string of the molecule is CC(C)C(C(=O)O)N1CCC(CN(C)C)CC1. The Morgan fingerprint density at radius 1 is 1.35 bits per heavy atom. The van der Waals surface area contributed by atoms with E-state index < -0.39 is 5.97 Å². The lowest BCUT2D eigenvalue weighted by molar-refractivity contribution is -0.145. The molecule has 0 aliphatic carbocycles. The Balaban J connectivity index is 2.47. The first kappa shape index (κ1) is 14.5. The van der Waals surface area contributed by atoms with Gasteiger partial charge in [-0.3, -0.25) is 9.69 Å². The molecule has 0 spiro atoms. The fraction of sp³-hybridized carbons (Fsp3) is 0.923. The molecule has 0 radical (unpaired) electrons. The van der Waals surface area contributed by atoms with Gasteiger partial charge >= 0.3 is 5.97 Å². The molecule has 0 bridgehead atoms. The molecule has 0 saturated carbocycles. The van der Waals surface area contributed by atoms with Gasteiger partial charge in [-0.1, -0.05) is 13.8 Å². The van der Waals surface area contributed by atoms with E-state index in [9.17, 15) is 9.90 Å². The summed E-state index contributed by atoms with van der Waals surface area (Å²) in [7, 11) is 4.20. The van der Waals surface area contributed by atoms with Gasteiger partial charge in [-0.25, -0.2) is 0 Å². The van der Waals surface area contributed by atoms with Gasteiger partial charge in [-0.05, 0) is 51.9 Å². The summed E-state index contributed by atoms with van der Waals surface area (Å²) in [6.07, 6.45) is 2.24. The van der Waals surface area contributed by atoms with Crippen LogP contribution in [0.15, 0.2) is 0 Å². The van der Waals surface area contributed by atoms with Crippen molar-refractivity contribution in [3.63, 3.8) is 0 Å². The minimum Gasteiger partial charge on any atom is -0.480 e. The first-order chi connectivity index (χ1) is 7.91. The summed E-state index contributed by atoms with van der Waals surface area (Å²) in [6, 6.07) is -0.310. The molecule has 4 heteroatoms. The predicted octanol–water partition coefficient (Wildman–Crippen LogP) is 1.37. The Morgan fingerprint density at radius 3 is 2.24 bits per heavy atom. The van der Waals surface area contributed by atoms with E-state index in [1.807, 2.05) is 13.8 Å². The number of likely N-dealkylation sites (tertiary alicyclic amines) is 1. The highest BCUT2D eigenvalue weighted by molar-refractivity contribution is 5.73. The topological polar surface area (TPSA) is 43.8 Å². The van der Waals surface area contributed by atoms with Crippen molar-refractivity contribution in [2.24, 2.45) is 11.8 Å². The van der Waals surface area contributed by atoms with Crippen LogP contribution in [-0.4, -0.2) is 60.6 Å². The first-order valence-electron chi connectivity index (χ1n) is 6.53. The van der Waals surface area contributed by atoms with Crippen LogP contribution < -0.4 is 0 Å². The maximum Gasteiger partial charge on any atom is 0.321 e. The molecule has 0 amide bonds. The Labute approximate surface area is 105 Å². The number of nitrogens with zero attached hydrogens (tertiary/aromatic N) is 2. The number of carboxylic acid groups (broad SMARTS) is 1. The van der Waals surface area contributed by atoms with Crippen molar-refractivity contribution in [1.82, 2.24) is 9.80 Å². The molecule has 1 atom stereocenters. The van der Waals surface area contributed by atoms with Gasteiger partial charge in [-0.2, -0.15) is 0 Å². The number of hydrogen-bond donors (Lipinski definition) is 1. The average Bonchev–Trinajstić information content (AvgIpc) is 2.18. The number of rotatable bonds is 5. The van der Waals surface area contributed by atoms with Crippen molar-refractivity contribution in [2.45, 2.75) is 32.7 Å². The Kier molecular flexibility index (Phi) is 5.40. The summed E-state index contributed by atoms with van der Waals surface area (Å²) in [5.41, 5.74) is 0. The van der Waals surface area contributed by atoms with Crippen LogP contribution in [0.25, 0.3) is 0 Å². The van der Waals surface area contributed by atoms with Crippen LogP contribution in [0.3, 0.4) is 0 Å². The molecule has 1 unspecified atom stereocenters. The highest BCUT2D eigenvalue weighted by Crippen LogP contribution is 2.22. The van der Waals surface area contributed by atoms with E-state index in [-0.39, 0.29) is 12.0 Å². The van der Waals surface area contributed by atoms with Crippen molar-refractivity contribution in [3.8, 4) is 0 Å². The molecule has 17 heavy (non-hydrogen) atoms. The van der Waals surface area contributed by atoms with Crippen LogP contribution in [0.5, 0.6) is 0 Å². The average molecular weight is 242 g/mol. The van der Waals surface area contributed by atoms with Gasteiger partial charge in [0.1, 0.15) is 6.04 Å². The predicted molar refractivity (Wildman–Crippen MR) is 69.1 cm³/mol. The molecule has 0 aromatic carbocycles. The normalized spacial score (nSPS) is 21.1. The monoisotopic (exact) mass is 242 g/mol. The number of hydrogen-bond acceptors (Lipinski definition) is 3. The summed E-state index contributed by atoms with van der Waals surface area (Å²) in [5.74, 6) is 0.229. The zero-order chi connectivity index (χ0) is 13.0. The zero-order valence-corrected chi connectivity index (χ0v) is 11.5. The van der Waals surface area contributed by atoms with E-state index in [0.717, 1.165) is 38.4 Å². The highest BCUT2D eigenvalue weighted by Gasteiger charge is 2.31. The molecule has 1 rings (SSSR count). The van der Waals surface area contributed by atoms with Crippen molar-refractivity contribution in [3.05, 3.63) is 0 Å². The minimum atomic E-state index is -0.675. The van der Waals surface area contributed by atoms with Gasteiger partial charge in [0.15, 0.2) is 0 Å². The Hall–Kier alpha value is -0.610. The van der Waals surface area contributed by atoms with Crippen LogP contribution in [-0.2, 0) is 4.79 Å². The lowest BCUT2D eigenvalue weighted by atomic mass is 9.93. The van der Waals surface area contributed by atoms with Gasteiger partial charge in [0.05, 0.1) is 0 Å². The molecule has 1 saturated heterocycles. The lowest BCUT2D eigenvalue weighted by Gasteiger charge is -2.37. The lowest BCUT2D eigenvalue weighted by Crippen LogP contribution is -2.49. The van der Waals surface area contributed by atoms with Gasteiger partial charge in [0.2, 0.25) is 0 Å². The molecule has 1 aliphatic heterocycles. The molecule has 0 aromatic rings. The van der Waals surface area contributed by atoms with E-state index in [2.05, 4.69) is 23.9 Å². The molecule has 0 aromatic heterocycles. The van der Waals surface area contributed by atoms with Gasteiger partial charge in [-0.15, -0.1) is 0 Å². The first-order valence-corrected chi connectivity index (χ1v) is 6.53. The van der Waals surface area contributed by atoms with Crippen LogP contribution in [0, 0.1) is 11.8 Å². The molecule has 1 heterocycles. The molecule has 100 valence electrons. The second-order valence-corrected chi connectivity index (χ2v) is 5.77. The maximum atomic E-state index is 11.2. The van der Waals surface area contributed by atoms with Crippen molar-refractivity contribution >= 4 is 5.97 Å². The zero-order valence-electron chi connectivity index (χ0n) is 11.5. The molecule has 1 N–H and O–H groups in total. The van der Waals surface area contributed by atoms with Crippen molar-refractivity contribution in [2.75, 3.05) is 33.7 Å². The van der Waals surface area contributed by atoms with Gasteiger partial charge < -0.3 is 10.0 Å². The Morgan fingerprint density at radius 2 is 1.88 bits per heavy atom. The van der Waals surface area contributed by atoms with Crippen molar-refractivity contribution < 1.29 is 9.90 Å². The maximum absolute atomic E-state index is 11.2. The van der Waals surface area contributed by atoms with E-state index >= 15 is 0 Å². The summed E-state index contributed by atoms with van der Waals surface area (Å²) in [5, 5.41) is 9.26. The third-order valence-corrected chi connectivity index (χ3v) is 3.55. The third kappa shape index (κ3) is 4.28. The largest absolute Gasteiger partial charge is 0.480 e.